The molecule has 4 heterocycles. The van der Waals surface area contributed by atoms with Gasteiger partial charge >= 0.3 is 6.18 Å². The second kappa shape index (κ2) is 43.6. The van der Waals surface area contributed by atoms with Crippen molar-refractivity contribution in [3.63, 3.8) is 0 Å². The number of aromatic nitrogens is 2. The summed E-state index contributed by atoms with van der Waals surface area (Å²) in [6.45, 7) is 11.4. The highest BCUT2D eigenvalue weighted by molar-refractivity contribution is 7.29. The van der Waals surface area contributed by atoms with Crippen LogP contribution in [0.15, 0.2) is 60.7 Å². The van der Waals surface area contributed by atoms with Crippen molar-refractivity contribution in [3.05, 3.63) is 94.3 Å². The Morgan fingerprint density at radius 2 is 0.575 bits per heavy atom. The number of thiazole rings is 2. The molecule has 0 N–H and O–H groups in total. The molecule has 9 heteroatoms. The highest BCUT2D eigenvalue weighted by atomic mass is 32.1. The average molecular weight is 1270 g/mol. The van der Waals surface area contributed by atoms with Gasteiger partial charge in [0.05, 0.1) is 36.5 Å². The van der Waals surface area contributed by atoms with Gasteiger partial charge in [0.15, 0.2) is 0 Å². The molecule has 0 bridgehead atoms. The lowest BCUT2D eigenvalue weighted by atomic mass is 10.0. The smallest absolute Gasteiger partial charge is 0.240 e. The minimum Gasteiger partial charge on any atom is -0.240 e. The van der Waals surface area contributed by atoms with E-state index in [1.165, 1.54) is 326 Å². The molecule has 0 fully saturated rings. The number of halogens is 3. The van der Waals surface area contributed by atoms with E-state index in [9.17, 15) is 13.2 Å². The van der Waals surface area contributed by atoms with E-state index in [1.807, 2.05) is 34.0 Å². The van der Waals surface area contributed by atoms with Crippen molar-refractivity contribution in [2.75, 3.05) is 0 Å². The molecule has 0 unspecified atom stereocenters. The van der Waals surface area contributed by atoms with Crippen molar-refractivity contribution < 1.29 is 13.2 Å². The lowest BCUT2D eigenvalue weighted by molar-refractivity contribution is -0.137. The van der Waals surface area contributed by atoms with Crippen molar-refractivity contribution in [2.45, 2.75) is 336 Å². The van der Waals surface area contributed by atoms with Crippen LogP contribution in [0.3, 0.4) is 0 Å². The average Bonchev–Trinajstić information content (AvgIpc) is 1.79. The van der Waals surface area contributed by atoms with Gasteiger partial charge in [0.1, 0.15) is 10.0 Å². The molecule has 0 saturated heterocycles. The summed E-state index contributed by atoms with van der Waals surface area (Å²) in [4.78, 5) is 19.1. The molecule has 6 aromatic rings. The number of nitrogens with zero attached hydrogens (tertiary/aromatic N) is 2. The number of thiophene rings is 2. The number of rotatable bonds is 51. The molecule has 484 valence electrons. The van der Waals surface area contributed by atoms with Crippen LogP contribution < -0.4 is 0 Å². The maximum atomic E-state index is 13.9. The molecule has 2 aromatic carbocycles. The van der Waals surface area contributed by atoms with Gasteiger partial charge in [-0.3, -0.25) is 0 Å². The van der Waals surface area contributed by atoms with Crippen LogP contribution in [0.4, 0.5) is 13.2 Å². The fourth-order valence-electron chi connectivity index (χ4n) is 12.5. The van der Waals surface area contributed by atoms with Crippen LogP contribution in [-0.4, -0.2) is 9.97 Å². The molecule has 0 radical (unpaired) electrons. The van der Waals surface area contributed by atoms with E-state index in [0.717, 1.165) is 60.4 Å². The molecule has 2 nitrogen and oxygen atoms in total. The molecule has 6 rings (SSSR count). The summed E-state index contributed by atoms with van der Waals surface area (Å²) >= 11 is 7.49. The quantitative estimate of drug-likeness (QED) is 0.0356. The third kappa shape index (κ3) is 27.3. The van der Waals surface area contributed by atoms with Gasteiger partial charge in [0.2, 0.25) is 0 Å². The van der Waals surface area contributed by atoms with E-state index >= 15 is 0 Å². The Morgan fingerprint density at radius 1 is 0.310 bits per heavy atom. The molecule has 0 saturated carbocycles. The molecule has 0 aliphatic rings. The van der Waals surface area contributed by atoms with Crippen LogP contribution in [0.1, 0.15) is 331 Å². The number of aryl methyl sites for hydroxylation is 5. The summed E-state index contributed by atoms with van der Waals surface area (Å²) in [5.41, 5.74) is 8.03. The van der Waals surface area contributed by atoms with Crippen LogP contribution in [0.2, 0.25) is 0 Å². The summed E-state index contributed by atoms with van der Waals surface area (Å²) in [5, 5.41) is 2.24. The zero-order valence-electron chi connectivity index (χ0n) is 55.5. The Balaban J connectivity index is 1.33. The first-order chi connectivity index (χ1) is 42.6. The molecule has 0 amide bonds. The van der Waals surface area contributed by atoms with E-state index < -0.39 is 11.7 Å². The Labute approximate surface area is 545 Å². The molecule has 0 spiro atoms. The van der Waals surface area contributed by atoms with Gasteiger partial charge in [0, 0.05) is 9.75 Å². The predicted molar refractivity (Wildman–Crippen MR) is 382 cm³/mol. The van der Waals surface area contributed by atoms with Crippen LogP contribution in [0, 0.1) is 6.92 Å². The van der Waals surface area contributed by atoms with Crippen LogP contribution >= 0.6 is 45.3 Å². The van der Waals surface area contributed by atoms with Crippen molar-refractivity contribution in [2.24, 2.45) is 0 Å². The number of hydrogen-bond donors (Lipinski definition) is 0. The Kier molecular flexibility index (Phi) is 36.6. The number of unbranched alkanes of at least 4 members (excludes halogenated alkanes) is 38. The number of hydrogen-bond acceptors (Lipinski definition) is 6. The van der Waals surface area contributed by atoms with Gasteiger partial charge in [0.25, 0.3) is 0 Å². The normalized spacial score (nSPS) is 12.0. The first-order valence-electron chi connectivity index (χ1n) is 36.1. The Bertz CT molecular complexity index is 2680. The predicted octanol–water partition coefficient (Wildman–Crippen LogP) is 29.0. The summed E-state index contributed by atoms with van der Waals surface area (Å²) in [7, 11) is 0. The highest BCUT2D eigenvalue weighted by Gasteiger charge is 2.31. The van der Waals surface area contributed by atoms with Gasteiger partial charge in [-0.1, -0.05) is 314 Å². The number of alkyl halides is 3. The highest BCUT2D eigenvalue weighted by Crippen LogP contribution is 2.49. The minimum absolute atomic E-state index is 0.599. The lowest BCUT2D eigenvalue weighted by Crippen LogP contribution is -2.03. The number of benzene rings is 2. The fraction of sp³-hybridized carbons (Fsp3) is 0.667. The topological polar surface area (TPSA) is 25.8 Å². The van der Waals surface area contributed by atoms with E-state index in [1.54, 1.807) is 23.5 Å². The summed E-state index contributed by atoms with van der Waals surface area (Å²) in [6.07, 6.45) is 54.6. The van der Waals surface area contributed by atoms with Crippen molar-refractivity contribution in [1.82, 2.24) is 9.97 Å². The molecule has 4 aromatic heterocycles. The standard InChI is InChI=1S/C78H117F3N2S4/c1-6-10-14-18-22-26-30-31-33-37-41-44-48-65-60-70(63-54-52-62(5)53-55-63)84-72(65)76-82-68(50-46-42-38-34-28-24-20-16-12-8-3)74(86-76)75-69(51-47-43-39-35-29-25-21-17-13-9-4)83-77(87-75)73-66(49-45-40-36-32-27-23-19-15-11-7-2)61-71(85-73)64-56-58-67(59-57-64)78(79,80)81/h52-61H,6-51H2,1-5H3. The third-order valence-corrected chi connectivity index (χ3v) is 23.2. The molecule has 0 aliphatic heterocycles. The van der Waals surface area contributed by atoms with E-state index in [4.69, 9.17) is 9.97 Å². The van der Waals surface area contributed by atoms with Gasteiger partial charge < -0.3 is 0 Å². The van der Waals surface area contributed by atoms with Crippen molar-refractivity contribution in [1.29, 1.82) is 0 Å². The monoisotopic (exact) mass is 1270 g/mol. The van der Waals surface area contributed by atoms with Gasteiger partial charge in [-0.15, -0.1) is 45.3 Å². The maximum Gasteiger partial charge on any atom is 0.416 e. The van der Waals surface area contributed by atoms with E-state index in [-0.39, 0.29) is 0 Å². The van der Waals surface area contributed by atoms with Crippen molar-refractivity contribution >= 4 is 45.3 Å². The van der Waals surface area contributed by atoms with Gasteiger partial charge in [-0.2, -0.15) is 13.2 Å². The SMILES string of the molecule is CCCCCCCCCCCCCCc1cc(-c2ccc(C)cc2)sc1-c1nc(CCCCCCCCCCCC)c(-c2sc(-c3sc(-c4ccc(C(F)(F)F)cc4)cc3CCCCCCCCCCCC)nc2CCCCCCCCCCCC)s1. The van der Waals surface area contributed by atoms with Crippen LogP contribution in [-0.2, 0) is 31.9 Å². The summed E-state index contributed by atoms with van der Waals surface area (Å²) < 4.78 is 41.6. The molecular weight excluding hydrogens is 1150 g/mol. The first kappa shape index (κ1) is 72.9. The van der Waals surface area contributed by atoms with E-state index in [2.05, 4.69) is 71.0 Å². The Morgan fingerprint density at radius 3 is 0.862 bits per heavy atom. The van der Waals surface area contributed by atoms with Crippen molar-refractivity contribution in [3.8, 4) is 50.4 Å². The Hall–Kier alpha value is -3.11. The maximum absolute atomic E-state index is 13.9. The third-order valence-electron chi connectivity index (χ3n) is 18.1. The molecule has 87 heavy (non-hydrogen) atoms. The van der Waals surface area contributed by atoms with Gasteiger partial charge in [-0.05, 0) is 105 Å². The second-order valence-electron chi connectivity index (χ2n) is 25.9. The molecular formula is C78H117F3N2S4. The zero-order chi connectivity index (χ0) is 61.6. The lowest BCUT2D eigenvalue weighted by Gasteiger charge is -2.06. The summed E-state index contributed by atoms with van der Waals surface area (Å²) in [6, 6.07) is 19.8. The molecule has 0 aliphatic carbocycles. The zero-order valence-corrected chi connectivity index (χ0v) is 58.7. The summed E-state index contributed by atoms with van der Waals surface area (Å²) in [5.74, 6) is 0. The fourth-order valence-corrected chi connectivity index (χ4v) is 17.6. The van der Waals surface area contributed by atoms with Crippen LogP contribution in [0.25, 0.3) is 50.4 Å². The van der Waals surface area contributed by atoms with E-state index in [0.29, 0.717) is 0 Å². The largest absolute Gasteiger partial charge is 0.416 e. The first-order valence-corrected chi connectivity index (χ1v) is 39.4. The minimum atomic E-state index is -4.37. The molecule has 0 atom stereocenters. The second-order valence-corrected chi connectivity index (χ2v) is 30.0. The van der Waals surface area contributed by atoms with Gasteiger partial charge in [-0.25, -0.2) is 9.97 Å². The van der Waals surface area contributed by atoms with Crippen LogP contribution in [0.5, 0.6) is 0 Å².